The van der Waals surface area contributed by atoms with Crippen molar-refractivity contribution in [3.63, 3.8) is 0 Å². The highest BCUT2D eigenvalue weighted by molar-refractivity contribution is 6.06. The second-order valence-corrected chi connectivity index (χ2v) is 5.74. The van der Waals surface area contributed by atoms with E-state index < -0.39 is 5.41 Å². The van der Waals surface area contributed by atoms with E-state index in [-0.39, 0.29) is 31.4 Å². The molecule has 1 aliphatic carbocycles. The Morgan fingerprint density at radius 3 is 2.79 bits per heavy atom. The number of Topliss-reactive ketones (excluding diaryl/α,β-unsaturated/α-hetero) is 1. The summed E-state index contributed by atoms with van der Waals surface area (Å²) >= 11 is 0. The number of carbonyl (C=O) groups excluding carboxylic acids is 2. The highest BCUT2D eigenvalue weighted by Gasteiger charge is 2.43. The number of rotatable bonds is 1. The minimum Gasteiger partial charge on any atom is -0.461 e. The van der Waals surface area contributed by atoms with Crippen LogP contribution in [0.4, 0.5) is 0 Å². The van der Waals surface area contributed by atoms with Gasteiger partial charge in [0, 0.05) is 5.56 Å². The smallest absolute Gasteiger partial charge is 0.310 e. The molecular weight excluding hydrogens is 244 g/mol. The van der Waals surface area contributed by atoms with Crippen LogP contribution in [-0.2, 0) is 29.0 Å². The van der Waals surface area contributed by atoms with Crippen LogP contribution in [0.2, 0.25) is 0 Å². The van der Waals surface area contributed by atoms with Crippen LogP contribution in [0.1, 0.15) is 39.5 Å². The molecule has 0 saturated carbocycles. The fraction of sp³-hybridized carbons (Fsp3) is 0.467. The number of fused-ring (bicyclic) bond motifs is 2. The molecule has 0 unspecified atom stereocenters. The third-order valence-electron chi connectivity index (χ3n) is 4.30. The van der Waals surface area contributed by atoms with Crippen molar-refractivity contribution in [2.75, 3.05) is 6.61 Å². The number of ketones is 1. The van der Waals surface area contributed by atoms with Gasteiger partial charge in [0.25, 0.3) is 0 Å². The van der Waals surface area contributed by atoms with Crippen molar-refractivity contribution in [2.24, 2.45) is 5.41 Å². The average molecular weight is 260 g/mol. The molecule has 4 nitrogen and oxygen atoms in total. The fourth-order valence-electron chi connectivity index (χ4n) is 3.12. The minimum absolute atomic E-state index is 0.00996. The molecule has 0 bridgehead atoms. The van der Waals surface area contributed by atoms with Gasteiger partial charge in [0.1, 0.15) is 6.61 Å². The number of aliphatic hydroxyl groups excluding tert-OH is 1. The molecule has 1 N–H and O–H groups in total. The zero-order chi connectivity index (χ0) is 13.8. The molecule has 100 valence electrons. The van der Waals surface area contributed by atoms with Crippen LogP contribution < -0.4 is 0 Å². The van der Waals surface area contributed by atoms with Gasteiger partial charge in [-0.3, -0.25) is 9.59 Å². The number of hydrogen-bond donors (Lipinski definition) is 1. The number of aliphatic hydroxyl groups is 1. The lowest BCUT2D eigenvalue weighted by molar-refractivity contribution is -0.145. The van der Waals surface area contributed by atoms with E-state index in [2.05, 4.69) is 0 Å². The maximum atomic E-state index is 12.5. The van der Waals surface area contributed by atoms with Crippen molar-refractivity contribution < 1.29 is 19.4 Å². The number of hydrogen-bond acceptors (Lipinski definition) is 4. The first kappa shape index (κ1) is 12.4. The van der Waals surface area contributed by atoms with Gasteiger partial charge in [-0.15, -0.1) is 0 Å². The predicted octanol–water partition coefficient (Wildman–Crippen LogP) is 1.33. The maximum absolute atomic E-state index is 12.5. The van der Waals surface area contributed by atoms with Gasteiger partial charge in [0.15, 0.2) is 5.78 Å². The average Bonchev–Trinajstić information content (AvgIpc) is 2.64. The van der Waals surface area contributed by atoms with Crippen molar-refractivity contribution >= 4 is 11.8 Å². The highest BCUT2D eigenvalue weighted by atomic mass is 16.5. The second-order valence-electron chi connectivity index (χ2n) is 5.74. The van der Waals surface area contributed by atoms with Crippen LogP contribution in [-0.4, -0.2) is 23.5 Å². The first-order chi connectivity index (χ1) is 8.96. The Kier molecular flexibility index (Phi) is 2.54. The van der Waals surface area contributed by atoms with E-state index in [1.54, 1.807) is 6.92 Å². The van der Waals surface area contributed by atoms with Crippen LogP contribution in [0.3, 0.4) is 0 Å². The molecule has 0 saturated heterocycles. The van der Waals surface area contributed by atoms with Crippen molar-refractivity contribution in [1.29, 1.82) is 0 Å². The molecule has 0 radical (unpaired) electrons. The van der Waals surface area contributed by atoms with Crippen molar-refractivity contribution in [3.8, 4) is 0 Å². The zero-order valence-electron chi connectivity index (χ0n) is 11.1. The lowest BCUT2D eigenvalue weighted by atomic mass is 9.86. The third kappa shape index (κ3) is 1.63. The summed E-state index contributed by atoms with van der Waals surface area (Å²) < 4.78 is 5.05. The van der Waals surface area contributed by atoms with Crippen LogP contribution in [0.15, 0.2) is 6.07 Å². The van der Waals surface area contributed by atoms with E-state index in [1.807, 2.05) is 13.0 Å². The molecule has 19 heavy (non-hydrogen) atoms. The molecule has 1 aliphatic heterocycles. The summed E-state index contributed by atoms with van der Waals surface area (Å²) in [6, 6.07) is 1.96. The molecule has 1 atom stereocenters. The monoisotopic (exact) mass is 260 g/mol. The molecule has 1 aromatic rings. The summed E-state index contributed by atoms with van der Waals surface area (Å²) in [4.78, 5) is 23.9. The van der Waals surface area contributed by atoms with Gasteiger partial charge in [-0.2, -0.15) is 0 Å². The summed E-state index contributed by atoms with van der Waals surface area (Å²) in [6.07, 6.45) is 0.789. The molecule has 1 aromatic carbocycles. The SMILES string of the molecule is Cc1c2c(cc3c1C(=O)[C@](C)(CO)C3)COC(=O)C2. The molecule has 0 amide bonds. The molecule has 3 rings (SSSR count). The van der Waals surface area contributed by atoms with Crippen molar-refractivity contribution in [3.05, 3.63) is 33.9 Å². The molecule has 2 aliphatic rings. The summed E-state index contributed by atoms with van der Waals surface area (Å²) in [6.45, 7) is 3.80. The lowest BCUT2D eigenvalue weighted by Crippen LogP contribution is -2.28. The Morgan fingerprint density at radius 2 is 2.11 bits per heavy atom. The van der Waals surface area contributed by atoms with Crippen LogP contribution in [0.25, 0.3) is 0 Å². The molecule has 1 heterocycles. The van der Waals surface area contributed by atoms with E-state index in [0.29, 0.717) is 12.0 Å². The number of carbonyl (C=O) groups is 2. The minimum atomic E-state index is -0.720. The number of esters is 1. The summed E-state index contributed by atoms with van der Waals surface area (Å²) in [5.41, 5.74) is 3.74. The Hall–Kier alpha value is -1.68. The number of cyclic esters (lactones) is 1. The molecule has 0 aromatic heterocycles. The van der Waals surface area contributed by atoms with Crippen molar-refractivity contribution in [2.45, 2.75) is 33.3 Å². The first-order valence-corrected chi connectivity index (χ1v) is 6.42. The van der Waals surface area contributed by atoms with Gasteiger partial charge in [0.05, 0.1) is 18.4 Å². The number of ether oxygens (including phenoxy) is 1. The summed E-state index contributed by atoms with van der Waals surface area (Å²) in [7, 11) is 0. The van der Waals surface area contributed by atoms with Gasteiger partial charge >= 0.3 is 5.97 Å². The predicted molar refractivity (Wildman–Crippen MR) is 67.9 cm³/mol. The van der Waals surface area contributed by atoms with E-state index in [4.69, 9.17) is 4.74 Å². The Morgan fingerprint density at radius 1 is 1.37 bits per heavy atom. The molecule has 0 spiro atoms. The van der Waals surface area contributed by atoms with Gasteiger partial charge in [-0.25, -0.2) is 0 Å². The Labute approximate surface area is 111 Å². The second kappa shape index (κ2) is 3.90. The standard InChI is InChI=1S/C15H16O4/c1-8-11-4-12(17)19-6-10(11)3-9-5-15(2,7-16)14(18)13(8)9/h3,16H,4-7H2,1-2H3/t15-/m0/s1. The normalized spacial score (nSPS) is 25.0. The van der Waals surface area contributed by atoms with Crippen LogP contribution in [0.5, 0.6) is 0 Å². The van der Waals surface area contributed by atoms with Crippen LogP contribution >= 0.6 is 0 Å². The topological polar surface area (TPSA) is 63.6 Å². The van der Waals surface area contributed by atoms with E-state index >= 15 is 0 Å². The lowest BCUT2D eigenvalue weighted by Gasteiger charge is -2.20. The van der Waals surface area contributed by atoms with Crippen molar-refractivity contribution in [1.82, 2.24) is 0 Å². The molecule has 4 heteroatoms. The van der Waals surface area contributed by atoms with Crippen LogP contribution in [0, 0.1) is 12.3 Å². The molecule has 0 fully saturated rings. The van der Waals surface area contributed by atoms with E-state index in [1.165, 1.54) is 0 Å². The van der Waals surface area contributed by atoms with E-state index in [9.17, 15) is 14.7 Å². The molecular formula is C15H16O4. The summed E-state index contributed by atoms with van der Waals surface area (Å²) in [5, 5.41) is 9.47. The Bertz CT molecular complexity index is 603. The van der Waals surface area contributed by atoms with E-state index in [0.717, 1.165) is 22.3 Å². The zero-order valence-corrected chi connectivity index (χ0v) is 11.1. The number of benzene rings is 1. The fourth-order valence-corrected chi connectivity index (χ4v) is 3.12. The van der Waals surface area contributed by atoms with Gasteiger partial charge in [0.2, 0.25) is 0 Å². The third-order valence-corrected chi connectivity index (χ3v) is 4.30. The van der Waals surface area contributed by atoms with Gasteiger partial charge < -0.3 is 9.84 Å². The van der Waals surface area contributed by atoms with Gasteiger partial charge in [-0.05, 0) is 42.5 Å². The first-order valence-electron chi connectivity index (χ1n) is 6.42. The summed E-state index contributed by atoms with van der Waals surface area (Å²) in [5.74, 6) is -0.254. The largest absolute Gasteiger partial charge is 0.461 e. The highest BCUT2D eigenvalue weighted by Crippen LogP contribution is 2.40. The van der Waals surface area contributed by atoms with Gasteiger partial charge in [-0.1, -0.05) is 6.07 Å². The quantitative estimate of drug-likeness (QED) is 0.774. The Balaban J connectivity index is 2.18. The maximum Gasteiger partial charge on any atom is 0.310 e.